The van der Waals surface area contributed by atoms with Gasteiger partial charge < -0.3 is 15.5 Å². The zero-order valence-electron chi connectivity index (χ0n) is 9.60. The third-order valence-electron chi connectivity index (χ3n) is 2.06. The number of hydrogen-bond donors (Lipinski definition) is 2. The van der Waals surface area contributed by atoms with E-state index in [1.54, 1.807) is 0 Å². The lowest BCUT2D eigenvalue weighted by Gasteiger charge is -2.16. The molecule has 0 aliphatic rings. The third-order valence-corrected chi connectivity index (χ3v) is 2.06. The van der Waals surface area contributed by atoms with Crippen LogP contribution in [0.2, 0.25) is 0 Å². The molecular weight excluding hydrogens is 178 g/mol. The van der Waals surface area contributed by atoms with Gasteiger partial charge >= 0.3 is 0 Å². The van der Waals surface area contributed by atoms with Crippen LogP contribution in [-0.4, -0.2) is 50.6 Å². The second kappa shape index (κ2) is 8.97. The molecule has 0 heterocycles. The quantitative estimate of drug-likeness (QED) is 0.546. The van der Waals surface area contributed by atoms with Crippen molar-refractivity contribution in [3.63, 3.8) is 0 Å². The van der Waals surface area contributed by atoms with Crippen molar-refractivity contribution >= 4 is 5.91 Å². The largest absolute Gasteiger partial charge is 0.355 e. The van der Waals surface area contributed by atoms with Crippen LogP contribution >= 0.6 is 0 Å². The number of nitrogens with zero attached hydrogens (tertiary/aromatic N) is 1. The molecule has 0 aromatic rings. The number of nitrogens with one attached hydrogen (secondary N) is 2. The Kier molecular flexibility index (Phi) is 8.57. The lowest BCUT2D eigenvalue weighted by Crippen LogP contribution is -2.36. The van der Waals surface area contributed by atoms with Gasteiger partial charge in [0.2, 0.25) is 5.91 Å². The van der Waals surface area contributed by atoms with Gasteiger partial charge in [-0.05, 0) is 13.6 Å². The Morgan fingerprint density at radius 1 is 1.21 bits per heavy atom. The summed E-state index contributed by atoms with van der Waals surface area (Å²) in [6.45, 7) is 8.67. The summed E-state index contributed by atoms with van der Waals surface area (Å²) in [4.78, 5) is 13.1. The van der Waals surface area contributed by atoms with E-state index in [-0.39, 0.29) is 5.91 Å². The molecule has 14 heavy (non-hydrogen) atoms. The highest BCUT2D eigenvalue weighted by molar-refractivity contribution is 5.75. The molecule has 0 unspecified atom stereocenters. The van der Waals surface area contributed by atoms with Crippen LogP contribution in [0.3, 0.4) is 0 Å². The molecule has 0 aliphatic heterocycles. The zero-order valence-corrected chi connectivity index (χ0v) is 9.60. The van der Waals surface area contributed by atoms with Crippen molar-refractivity contribution in [2.24, 2.45) is 0 Å². The van der Waals surface area contributed by atoms with E-state index in [1.165, 1.54) is 0 Å². The van der Waals surface area contributed by atoms with Crippen LogP contribution < -0.4 is 10.6 Å². The average Bonchev–Trinajstić information content (AvgIpc) is 2.18. The van der Waals surface area contributed by atoms with Crippen molar-refractivity contribution in [1.82, 2.24) is 15.5 Å². The van der Waals surface area contributed by atoms with E-state index in [0.29, 0.717) is 6.42 Å². The van der Waals surface area contributed by atoms with Crippen molar-refractivity contribution in [3.8, 4) is 0 Å². The van der Waals surface area contributed by atoms with Crippen molar-refractivity contribution in [1.29, 1.82) is 0 Å². The smallest absolute Gasteiger partial charge is 0.219 e. The van der Waals surface area contributed by atoms with E-state index in [4.69, 9.17) is 0 Å². The molecule has 4 heteroatoms. The van der Waals surface area contributed by atoms with Gasteiger partial charge in [-0.25, -0.2) is 0 Å². The summed E-state index contributed by atoms with van der Waals surface area (Å²) in [5.41, 5.74) is 0. The van der Waals surface area contributed by atoms with Gasteiger partial charge in [-0.1, -0.05) is 13.8 Å². The minimum Gasteiger partial charge on any atom is -0.355 e. The first-order valence-corrected chi connectivity index (χ1v) is 5.36. The summed E-state index contributed by atoms with van der Waals surface area (Å²) in [6, 6.07) is 0. The monoisotopic (exact) mass is 201 g/mol. The van der Waals surface area contributed by atoms with Gasteiger partial charge in [-0.3, -0.25) is 4.79 Å². The van der Waals surface area contributed by atoms with Crippen molar-refractivity contribution in [2.75, 3.05) is 39.8 Å². The van der Waals surface area contributed by atoms with Crippen LogP contribution in [0.15, 0.2) is 0 Å². The molecular formula is C10H23N3O. The number of amides is 1. The highest BCUT2D eigenvalue weighted by Crippen LogP contribution is 1.80. The Morgan fingerprint density at radius 3 is 2.43 bits per heavy atom. The first kappa shape index (κ1) is 13.4. The van der Waals surface area contributed by atoms with Gasteiger partial charge in [0, 0.05) is 32.6 Å². The Morgan fingerprint density at radius 2 is 1.86 bits per heavy atom. The summed E-state index contributed by atoms with van der Waals surface area (Å²) in [5.74, 6) is 0.130. The maximum Gasteiger partial charge on any atom is 0.219 e. The van der Waals surface area contributed by atoms with Gasteiger partial charge in [0.1, 0.15) is 0 Å². The standard InChI is InChI=1S/C10H23N3O/c1-4-10(14)12-7-9-13(3)8-6-11-5-2/h11H,4-9H2,1-3H3,(H,12,14). The van der Waals surface area contributed by atoms with Gasteiger partial charge in [0.15, 0.2) is 0 Å². The lowest BCUT2D eigenvalue weighted by molar-refractivity contribution is -0.120. The van der Waals surface area contributed by atoms with Crippen molar-refractivity contribution in [2.45, 2.75) is 20.3 Å². The Labute approximate surface area is 87.0 Å². The maximum atomic E-state index is 10.9. The number of likely N-dealkylation sites (N-methyl/N-ethyl adjacent to an activating group) is 2. The van der Waals surface area contributed by atoms with E-state index < -0.39 is 0 Å². The Bertz CT molecular complexity index is 150. The lowest BCUT2D eigenvalue weighted by atomic mass is 10.4. The molecule has 0 rings (SSSR count). The van der Waals surface area contributed by atoms with Crippen LogP contribution in [0.25, 0.3) is 0 Å². The summed E-state index contributed by atoms with van der Waals surface area (Å²) >= 11 is 0. The first-order valence-electron chi connectivity index (χ1n) is 5.36. The number of carbonyl (C=O) groups is 1. The molecule has 0 fully saturated rings. The molecule has 0 spiro atoms. The molecule has 2 N–H and O–H groups in total. The molecule has 84 valence electrons. The maximum absolute atomic E-state index is 10.9. The fourth-order valence-corrected chi connectivity index (χ4v) is 1.07. The van der Waals surface area contributed by atoms with Crippen LogP contribution in [-0.2, 0) is 4.79 Å². The van der Waals surface area contributed by atoms with Gasteiger partial charge in [-0.15, -0.1) is 0 Å². The van der Waals surface area contributed by atoms with E-state index in [1.807, 2.05) is 6.92 Å². The predicted molar refractivity (Wildman–Crippen MR) is 59.3 cm³/mol. The summed E-state index contributed by atoms with van der Waals surface area (Å²) < 4.78 is 0. The summed E-state index contributed by atoms with van der Waals surface area (Å²) in [5, 5.41) is 6.11. The fraction of sp³-hybridized carbons (Fsp3) is 0.900. The van der Waals surface area contributed by atoms with Gasteiger partial charge in [-0.2, -0.15) is 0 Å². The van der Waals surface area contributed by atoms with E-state index in [9.17, 15) is 4.79 Å². The minimum atomic E-state index is 0.130. The number of rotatable bonds is 8. The van der Waals surface area contributed by atoms with Crippen LogP contribution in [0.5, 0.6) is 0 Å². The van der Waals surface area contributed by atoms with Crippen LogP contribution in [0.1, 0.15) is 20.3 Å². The van der Waals surface area contributed by atoms with Crippen LogP contribution in [0.4, 0.5) is 0 Å². The molecule has 0 aromatic carbocycles. The van der Waals surface area contributed by atoms with Crippen LogP contribution in [0, 0.1) is 0 Å². The molecule has 0 aliphatic carbocycles. The van der Waals surface area contributed by atoms with Crippen molar-refractivity contribution < 1.29 is 4.79 Å². The third kappa shape index (κ3) is 8.01. The molecule has 0 radical (unpaired) electrons. The van der Waals surface area contributed by atoms with Crippen molar-refractivity contribution in [3.05, 3.63) is 0 Å². The molecule has 0 saturated heterocycles. The predicted octanol–water partition coefficient (Wildman–Crippen LogP) is 0.0539. The zero-order chi connectivity index (χ0) is 10.8. The second-order valence-electron chi connectivity index (χ2n) is 3.36. The van der Waals surface area contributed by atoms with E-state index in [0.717, 1.165) is 32.7 Å². The van der Waals surface area contributed by atoms with Gasteiger partial charge in [0.05, 0.1) is 0 Å². The second-order valence-corrected chi connectivity index (χ2v) is 3.36. The minimum absolute atomic E-state index is 0.130. The molecule has 0 bridgehead atoms. The molecule has 0 atom stereocenters. The summed E-state index contributed by atoms with van der Waals surface area (Å²) in [7, 11) is 2.06. The molecule has 0 saturated carbocycles. The fourth-order valence-electron chi connectivity index (χ4n) is 1.07. The Balaban J connectivity index is 3.26. The average molecular weight is 201 g/mol. The Hall–Kier alpha value is -0.610. The molecule has 1 amide bonds. The number of carbonyl (C=O) groups excluding carboxylic acids is 1. The normalized spacial score (nSPS) is 10.6. The highest BCUT2D eigenvalue weighted by Gasteiger charge is 1.99. The van der Waals surface area contributed by atoms with E-state index >= 15 is 0 Å². The topological polar surface area (TPSA) is 44.4 Å². The van der Waals surface area contributed by atoms with E-state index in [2.05, 4.69) is 29.5 Å². The number of hydrogen-bond acceptors (Lipinski definition) is 3. The SMILES string of the molecule is CCNCCN(C)CCNC(=O)CC. The highest BCUT2D eigenvalue weighted by atomic mass is 16.1. The molecule has 0 aromatic heterocycles. The first-order chi connectivity index (χ1) is 6.70. The van der Waals surface area contributed by atoms with Gasteiger partial charge in [0.25, 0.3) is 0 Å². The molecule has 4 nitrogen and oxygen atoms in total. The summed E-state index contributed by atoms with van der Waals surface area (Å²) in [6.07, 6.45) is 0.571.